The molecule has 0 heterocycles. The fourth-order valence-corrected chi connectivity index (χ4v) is 0.548. The first-order valence-corrected chi connectivity index (χ1v) is 5.01. The van der Waals surface area contributed by atoms with E-state index >= 15 is 0 Å². The third-order valence-corrected chi connectivity index (χ3v) is 1.34. The number of hydrogen-bond donors (Lipinski definition) is 3. The summed E-state index contributed by atoms with van der Waals surface area (Å²) in [5, 5.41) is 12.6. The molecule has 7 nitrogen and oxygen atoms in total. The van der Waals surface area contributed by atoms with Crippen molar-refractivity contribution in [1.82, 2.24) is 10.6 Å². The van der Waals surface area contributed by atoms with Crippen LogP contribution < -0.4 is 10.6 Å². The van der Waals surface area contributed by atoms with Gasteiger partial charge in [0.2, 0.25) is 11.8 Å². The van der Waals surface area contributed by atoms with Crippen LogP contribution in [0.3, 0.4) is 0 Å². The molecular weight excluding hydrogens is 228 g/mol. The van der Waals surface area contributed by atoms with Crippen LogP contribution in [0.1, 0.15) is 27.2 Å². The summed E-state index contributed by atoms with van der Waals surface area (Å²) in [6.45, 7) is 4.33. The van der Waals surface area contributed by atoms with Crippen molar-refractivity contribution in [1.29, 1.82) is 0 Å². The Morgan fingerprint density at radius 1 is 1.00 bits per heavy atom. The second kappa shape index (κ2) is 10.6. The first kappa shape index (κ1) is 17.5. The van der Waals surface area contributed by atoms with Gasteiger partial charge in [-0.25, -0.2) is 0 Å². The lowest BCUT2D eigenvalue weighted by Crippen LogP contribution is -2.28. The van der Waals surface area contributed by atoms with Crippen LogP contribution in [0.4, 0.5) is 0 Å². The zero-order chi connectivity index (χ0) is 13.8. The second-order valence-electron chi connectivity index (χ2n) is 3.14. The summed E-state index contributed by atoms with van der Waals surface area (Å²) in [7, 11) is 0. The molecule has 0 rings (SSSR count). The topological polar surface area (TPSA) is 113 Å². The van der Waals surface area contributed by atoms with Gasteiger partial charge in [-0.1, -0.05) is 6.92 Å². The monoisotopic (exact) mass is 246 g/mol. The lowest BCUT2D eigenvalue weighted by atomic mass is 10.4. The fraction of sp³-hybridized carbons (Fsp3) is 0.600. The van der Waals surface area contributed by atoms with Gasteiger partial charge >= 0.3 is 5.97 Å². The van der Waals surface area contributed by atoms with Crippen LogP contribution >= 0.6 is 0 Å². The number of hydrogen-bond acceptors (Lipinski definition) is 4. The van der Waals surface area contributed by atoms with E-state index in [1.54, 1.807) is 6.92 Å². The molecule has 98 valence electrons. The third kappa shape index (κ3) is 20.2. The Morgan fingerprint density at radius 3 is 1.76 bits per heavy atom. The molecule has 0 atom stereocenters. The Hall–Kier alpha value is -1.92. The summed E-state index contributed by atoms with van der Waals surface area (Å²) in [6.07, 6.45) is 0.327. The maximum atomic E-state index is 10.3. The van der Waals surface area contributed by atoms with Gasteiger partial charge in [0.15, 0.2) is 0 Å². The van der Waals surface area contributed by atoms with E-state index in [4.69, 9.17) is 5.11 Å². The van der Waals surface area contributed by atoms with Gasteiger partial charge in [0, 0.05) is 13.3 Å². The summed E-state index contributed by atoms with van der Waals surface area (Å²) >= 11 is 0. The molecule has 7 heteroatoms. The van der Waals surface area contributed by atoms with E-state index in [0.29, 0.717) is 6.42 Å². The first-order valence-electron chi connectivity index (χ1n) is 5.01. The number of carbonyl (C=O) groups is 4. The highest BCUT2D eigenvalue weighted by atomic mass is 16.4. The van der Waals surface area contributed by atoms with Crippen LogP contribution in [0, 0.1) is 0 Å². The minimum Gasteiger partial charge on any atom is -0.480 e. The molecule has 0 aromatic carbocycles. The van der Waals surface area contributed by atoms with Crippen LogP contribution in [0.2, 0.25) is 0 Å². The summed E-state index contributed by atoms with van der Waals surface area (Å²) < 4.78 is 0. The number of carboxylic acids is 1. The molecule has 0 aromatic rings. The predicted molar refractivity (Wildman–Crippen MR) is 60.3 cm³/mol. The standard InChI is InChI=1S/C5H9NO3.C5H9NO2/c1-2-4(7)6-3-5(8)9;1-4(7)3-6-5(2)8/h2-3H2,1H3,(H,6,7)(H,8,9);3H2,1-2H3,(H,6,8). The SMILES string of the molecule is CC(=O)CNC(C)=O.CCC(=O)NCC(=O)O. The molecule has 0 saturated carbocycles. The van der Waals surface area contributed by atoms with Gasteiger partial charge < -0.3 is 15.7 Å². The van der Waals surface area contributed by atoms with Gasteiger partial charge in [-0.3, -0.25) is 19.2 Å². The second-order valence-corrected chi connectivity index (χ2v) is 3.14. The largest absolute Gasteiger partial charge is 0.480 e. The van der Waals surface area contributed by atoms with E-state index in [9.17, 15) is 19.2 Å². The molecule has 0 aliphatic carbocycles. The number of carbonyl (C=O) groups excluding carboxylic acids is 3. The first-order chi connectivity index (χ1) is 7.79. The normalized spacial score (nSPS) is 8.41. The molecule has 0 spiro atoms. The molecule has 0 radical (unpaired) electrons. The summed E-state index contributed by atoms with van der Waals surface area (Å²) in [5.41, 5.74) is 0. The number of aliphatic carboxylic acids is 1. The number of carboxylic acid groups (broad SMARTS) is 1. The molecule has 0 aliphatic rings. The average molecular weight is 246 g/mol. The van der Waals surface area contributed by atoms with Gasteiger partial charge in [0.05, 0.1) is 6.54 Å². The van der Waals surface area contributed by atoms with Crippen molar-refractivity contribution >= 4 is 23.6 Å². The van der Waals surface area contributed by atoms with Gasteiger partial charge in [-0.2, -0.15) is 0 Å². The molecule has 0 unspecified atom stereocenters. The van der Waals surface area contributed by atoms with E-state index in [1.807, 2.05) is 0 Å². The van der Waals surface area contributed by atoms with Gasteiger partial charge in [-0.05, 0) is 6.92 Å². The Labute approximate surface area is 99.6 Å². The van der Waals surface area contributed by atoms with Gasteiger partial charge in [-0.15, -0.1) is 0 Å². The highest BCUT2D eigenvalue weighted by Gasteiger charge is 1.98. The molecule has 0 fully saturated rings. The molecule has 0 aromatic heterocycles. The molecule has 2 amide bonds. The Kier molecular flexibility index (Phi) is 10.9. The van der Waals surface area contributed by atoms with Gasteiger partial charge in [0.1, 0.15) is 12.3 Å². The van der Waals surface area contributed by atoms with Crippen LogP contribution in [0.15, 0.2) is 0 Å². The van der Waals surface area contributed by atoms with Crippen molar-refractivity contribution in [2.24, 2.45) is 0 Å². The van der Waals surface area contributed by atoms with Crippen molar-refractivity contribution in [3.05, 3.63) is 0 Å². The van der Waals surface area contributed by atoms with E-state index in [0.717, 1.165) is 0 Å². The number of Topliss-reactive ketones (excluding diaryl/α,β-unsaturated/α-hetero) is 1. The zero-order valence-corrected chi connectivity index (χ0v) is 10.2. The molecular formula is C10H18N2O5. The summed E-state index contributed by atoms with van der Waals surface area (Å²) in [5.74, 6) is -1.45. The summed E-state index contributed by atoms with van der Waals surface area (Å²) in [6, 6.07) is 0. The number of amides is 2. The van der Waals surface area contributed by atoms with E-state index in [2.05, 4.69) is 10.6 Å². The lowest BCUT2D eigenvalue weighted by Gasteiger charge is -1.95. The average Bonchev–Trinajstić information content (AvgIpc) is 2.23. The number of nitrogens with one attached hydrogen (secondary N) is 2. The quantitative estimate of drug-likeness (QED) is 0.594. The van der Waals surface area contributed by atoms with Crippen molar-refractivity contribution in [2.75, 3.05) is 13.1 Å². The van der Waals surface area contributed by atoms with E-state index in [1.165, 1.54) is 13.8 Å². The molecule has 0 saturated heterocycles. The highest BCUT2D eigenvalue weighted by molar-refractivity contribution is 5.83. The minimum absolute atomic E-state index is 0.0276. The van der Waals surface area contributed by atoms with E-state index in [-0.39, 0.29) is 30.7 Å². The molecule has 0 aliphatic heterocycles. The predicted octanol–water partition coefficient (Wildman–Crippen LogP) is -0.691. The molecule has 3 N–H and O–H groups in total. The van der Waals surface area contributed by atoms with Crippen molar-refractivity contribution in [3.8, 4) is 0 Å². The lowest BCUT2D eigenvalue weighted by molar-refractivity contribution is -0.137. The van der Waals surface area contributed by atoms with Crippen LogP contribution in [0.25, 0.3) is 0 Å². The third-order valence-electron chi connectivity index (χ3n) is 1.34. The number of rotatable bonds is 5. The Balaban J connectivity index is 0. The van der Waals surface area contributed by atoms with Crippen molar-refractivity contribution in [3.63, 3.8) is 0 Å². The molecule has 0 bridgehead atoms. The van der Waals surface area contributed by atoms with Crippen molar-refractivity contribution in [2.45, 2.75) is 27.2 Å². The Morgan fingerprint density at radius 2 is 1.53 bits per heavy atom. The highest BCUT2D eigenvalue weighted by Crippen LogP contribution is 1.72. The summed E-state index contributed by atoms with van der Waals surface area (Å²) in [4.78, 5) is 40.4. The molecule has 17 heavy (non-hydrogen) atoms. The Bertz CT molecular complexity index is 274. The maximum absolute atomic E-state index is 10.3. The fourth-order valence-electron chi connectivity index (χ4n) is 0.548. The maximum Gasteiger partial charge on any atom is 0.322 e. The van der Waals surface area contributed by atoms with Gasteiger partial charge in [0.25, 0.3) is 0 Å². The smallest absolute Gasteiger partial charge is 0.322 e. The van der Waals surface area contributed by atoms with E-state index < -0.39 is 5.97 Å². The number of ketones is 1. The van der Waals surface area contributed by atoms with Crippen LogP contribution in [-0.4, -0.2) is 41.8 Å². The van der Waals surface area contributed by atoms with Crippen LogP contribution in [-0.2, 0) is 19.2 Å². The minimum atomic E-state index is -1.02. The van der Waals surface area contributed by atoms with Crippen LogP contribution in [0.5, 0.6) is 0 Å². The van der Waals surface area contributed by atoms with Crippen molar-refractivity contribution < 1.29 is 24.3 Å². The zero-order valence-electron chi connectivity index (χ0n) is 10.2.